The van der Waals surface area contributed by atoms with Gasteiger partial charge in [-0.15, -0.1) is 0 Å². The van der Waals surface area contributed by atoms with Gasteiger partial charge >= 0.3 is 0 Å². The Morgan fingerprint density at radius 3 is 2.75 bits per heavy atom. The number of nitrogens with one attached hydrogen (secondary N) is 1. The molecule has 0 bridgehead atoms. The van der Waals surface area contributed by atoms with Crippen molar-refractivity contribution in [3.8, 4) is 0 Å². The predicted molar refractivity (Wildman–Crippen MR) is 72.6 cm³/mol. The van der Waals surface area contributed by atoms with E-state index in [1.807, 2.05) is 6.07 Å². The average molecular weight is 283 g/mol. The lowest BCUT2D eigenvalue weighted by molar-refractivity contribution is 0.404. The fraction of sp³-hybridized carbons (Fsp3) is 0.538. The Labute approximate surface area is 106 Å². The highest BCUT2D eigenvalue weighted by Gasteiger charge is 2.42. The van der Waals surface area contributed by atoms with Gasteiger partial charge < -0.3 is 11.1 Å². The molecule has 0 radical (unpaired) electrons. The number of hydrogen-bond donors (Lipinski definition) is 2. The lowest BCUT2D eigenvalue weighted by Gasteiger charge is -2.34. The van der Waals surface area contributed by atoms with Crippen molar-refractivity contribution in [2.75, 3.05) is 11.9 Å². The van der Waals surface area contributed by atoms with E-state index >= 15 is 0 Å². The highest BCUT2D eigenvalue weighted by Crippen LogP contribution is 2.43. The summed E-state index contributed by atoms with van der Waals surface area (Å²) >= 11 is 3.49. The Morgan fingerprint density at radius 1 is 1.50 bits per heavy atom. The third kappa shape index (κ3) is 2.41. The number of rotatable bonds is 5. The van der Waals surface area contributed by atoms with Crippen LogP contribution in [0.2, 0.25) is 0 Å². The molecule has 0 aliphatic heterocycles. The second-order valence-corrected chi connectivity index (χ2v) is 5.54. The molecule has 2 nitrogen and oxygen atoms in total. The number of benzene rings is 1. The van der Waals surface area contributed by atoms with Crippen molar-refractivity contribution in [3.05, 3.63) is 28.7 Å². The Kier molecular flexibility index (Phi) is 3.55. The third-order valence-corrected chi connectivity index (χ3v) is 4.07. The van der Waals surface area contributed by atoms with Gasteiger partial charge in [0.2, 0.25) is 0 Å². The standard InChI is InChI=1S/C13H19BrN2/c1-2-13(9-15,10-6-7-10)16-12-5-3-4-11(14)8-12/h3-5,8,10,16H,2,6-7,9,15H2,1H3. The maximum Gasteiger partial charge on any atom is 0.0521 e. The van der Waals surface area contributed by atoms with Crippen LogP contribution >= 0.6 is 15.9 Å². The van der Waals surface area contributed by atoms with E-state index in [1.54, 1.807) is 0 Å². The van der Waals surface area contributed by atoms with Crippen molar-refractivity contribution in [1.29, 1.82) is 0 Å². The summed E-state index contributed by atoms with van der Waals surface area (Å²) < 4.78 is 1.11. The highest BCUT2D eigenvalue weighted by molar-refractivity contribution is 9.10. The zero-order chi connectivity index (χ0) is 11.6. The van der Waals surface area contributed by atoms with Gasteiger partial charge in [-0.25, -0.2) is 0 Å². The van der Waals surface area contributed by atoms with Crippen LogP contribution in [0.4, 0.5) is 5.69 Å². The minimum absolute atomic E-state index is 0.0980. The highest BCUT2D eigenvalue weighted by atomic mass is 79.9. The SMILES string of the molecule is CCC(CN)(Nc1cccc(Br)c1)C1CC1. The molecule has 1 aromatic rings. The van der Waals surface area contributed by atoms with E-state index in [4.69, 9.17) is 5.73 Å². The minimum atomic E-state index is 0.0980. The molecule has 3 N–H and O–H groups in total. The van der Waals surface area contributed by atoms with Gasteiger partial charge in [0.1, 0.15) is 0 Å². The van der Waals surface area contributed by atoms with Crippen LogP contribution in [0.1, 0.15) is 26.2 Å². The summed E-state index contributed by atoms with van der Waals surface area (Å²) in [6, 6.07) is 8.31. The second kappa shape index (κ2) is 4.76. The van der Waals surface area contributed by atoms with Gasteiger partial charge in [-0.05, 0) is 43.4 Å². The summed E-state index contributed by atoms with van der Waals surface area (Å²) in [7, 11) is 0. The number of nitrogens with two attached hydrogens (primary N) is 1. The van der Waals surface area contributed by atoms with Crippen molar-refractivity contribution in [3.63, 3.8) is 0 Å². The van der Waals surface area contributed by atoms with Gasteiger partial charge in [0.15, 0.2) is 0 Å². The average Bonchev–Trinajstić information content (AvgIpc) is 3.10. The molecule has 0 amide bonds. The molecule has 1 unspecified atom stereocenters. The summed E-state index contributed by atoms with van der Waals surface area (Å²) in [5.41, 5.74) is 7.23. The first-order valence-corrected chi connectivity index (χ1v) is 6.73. The fourth-order valence-corrected chi connectivity index (χ4v) is 2.73. The van der Waals surface area contributed by atoms with Crippen molar-refractivity contribution in [1.82, 2.24) is 0 Å². The Bertz CT molecular complexity index is 357. The Morgan fingerprint density at radius 2 is 2.25 bits per heavy atom. The van der Waals surface area contributed by atoms with Gasteiger partial charge in [0.05, 0.1) is 5.54 Å². The van der Waals surface area contributed by atoms with Crippen LogP contribution in [-0.2, 0) is 0 Å². The number of hydrogen-bond acceptors (Lipinski definition) is 2. The maximum absolute atomic E-state index is 5.97. The van der Waals surface area contributed by atoms with Crippen molar-refractivity contribution in [2.45, 2.75) is 31.7 Å². The lowest BCUT2D eigenvalue weighted by atomic mass is 9.89. The Balaban J connectivity index is 2.16. The topological polar surface area (TPSA) is 38.0 Å². The molecule has 1 aliphatic rings. The molecule has 1 atom stereocenters. The van der Waals surface area contributed by atoms with Gasteiger partial charge in [0, 0.05) is 16.7 Å². The summed E-state index contributed by atoms with van der Waals surface area (Å²) in [4.78, 5) is 0. The maximum atomic E-state index is 5.97. The third-order valence-electron chi connectivity index (χ3n) is 3.57. The molecular formula is C13H19BrN2. The monoisotopic (exact) mass is 282 g/mol. The molecule has 0 saturated heterocycles. The molecule has 0 spiro atoms. The predicted octanol–water partition coefficient (Wildman–Crippen LogP) is 3.38. The quantitative estimate of drug-likeness (QED) is 0.869. The largest absolute Gasteiger partial charge is 0.378 e. The zero-order valence-corrected chi connectivity index (χ0v) is 11.3. The van der Waals surface area contributed by atoms with Crippen LogP contribution < -0.4 is 11.1 Å². The van der Waals surface area contributed by atoms with Crippen LogP contribution in [0.25, 0.3) is 0 Å². The van der Waals surface area contributed by atoms with Crippen LogP contribution in [-0.4, -0.2) is 12.1 Å². The van der Waals surface area contributed by atoms with E-state index in [-0.39, 0.29) is 5.54 Å². The fourth-order valence-electron chi connectivity index (χ4n) is 2.33. The van der Waals surface area contributed by atoms with E-state index in [0.717, 1.165) is 22.5 Å². The summed E-state index contributed by atoms with van der Waals surface area (Å²) in [5.74, 6) is 0.751. The van der Waals surface area contributed by atoms with Gasteiger partial charge in [-0.2, -0.15) is 0 Å². The molecule has 0 heterocycles. The van der Waals surface area contributed by atoms with Crippen LogP contribution in [0.15, 0.2) is 28.7 Å². The number of halogens is 1. The van der Waals surface area contributed by atoms with Gasteiger partial charge in [-0.3, -0.25) is 0 Å². The van der Waals surface area contributed by atoms with Crippen LogP contribution in [0.5, 0.6) is 0 Å². The van der Waals surface area contributed by atoms with Gasteiger partial charge in [0.25, 0.3) is 0 Å². The first-order chi connectivity index (χ1) is 7.70. The van der Waals surface area contributed by atoms with Crippen molar-refractivity contribution in [2.24, 2.45) is 11.7 Å². The molecule has 1 saturated carbocycles. The van der Waals surface area contributed by atoms with Crippen molar-refractivity contribution >= 4 is 21.6 Å². The molecule has 1 fully saturated rings. The van der Waals surface area contributed by atoms with E-state index in [9.17, 15) is 0 Å². The molecular weight excluding hydrogens is 264 g/mol. The molecule has 1 aliphatic carbocycles. The van der Waals surface area contributed by atoms with E-state index < -0.39 is 0 Å². The summed E-state index contributed by atoms with van der Waals surface area (Å²) in [6.45, 7) is 2.93. The molecule has 2 rings (SSSR count). The lowest BCUT2D eigenvalue weighted by Crippen LogP contribution is -2.47. The molecule has 1 aromatic carbocycles. The zero-order valence-electron chi connectivity index (χ0n) is 9.67. The molecule has 88 valence electrons. The van der Waals surface area contributed by atoms with Crippen LogP contribution in [0.3, 0.4) is 0 Å². The first kappa shape index (κ1) is 11.9. The summed E-state index contributed by atoms with van der Waals surface area (Å²) in [6.07, 6.45) is 3.71. The Hall–Kier alpha value is -0.540. The van der Waals surface area contributed by atoms with Gasteiger partial charge in [-0.1, -0.05) is 28.9 Å². The van der Waals surface area contributed by atoms with Crippen molar-refractivity contribution < 1.29 is 0 Å². The first-order valence-electron chi connectivity index (χ1n) is 5.94. The molecule has 3 heteroatoms. The smallest absolute Gasteiger partial charge is 0.0521 e. The molecule has 0 aromatic heterocycles. The van der Waals surface area contributed by atoms with Crippen LogP contribution in [0, 0.1) is 5.92 Å². The van der Waals surface area contributed by atoms with E-state index in [1.165, 1.54) is 12.8 Å². The minimum Gasteiger partial charge on any atom is -0.378 e. The molecule has 16 heavy (non-hydrogen) atoms. The number of anilines is 1. The summed E-state index contributed by atoms with van der Waals surface area (Å²) in [5, 5.41) is 3.64. The second-order valence-electron chi connectivity index (χ2n) is 4.62. The van der Waals surface area contributed by atoms with E-state index in [2.05, 4.69) is 46.4 Å². The van der Waals surface area contributed by atoms with E-state index in [0.29, 0.717) is 6.54 Å². The normalized spacial score (nSPS) is 19.2.